The Hall–Kier alpha value is -4.16. The molecule has 0 saturated carbocycles. The molecule has 1 aliphatic rings. The fraction of sp³-hybridized carbons (Fsp3) is 0.280. The van der Waals surface area contributed by atoms with Crippen LogP contribution in [0.5, 0.6) is 0 Å². The Morgan fingerprint density at radius 2 is 1.88 bits per heavy atom. The number of piperidine rings is 1. The van der Waals surface area contributed by atoms with E-state index in [4.69, 9.17) is 5.73 Å². The smallest absolute Gasteiger partial charge is 0.333 e. The van der Waals surface area contributed by atoms with Crippen molar-refractivity contribution in [2.24, 2.45) is 5.73 Å². The predicted octanol–water partition coefficient (Wildman–Crippen LogP) is 1.78. The Bertz CT molecular complexity index is 1480. The van der Waals surface area contributed by atoms with Gasteiger partial charge in [0, 0.05) is 25.2 Å². The third-order valence-corrected chi connectivity index (χ3v) is 6.25. The number of imidazole rings is 1. The van der Waals surface area contributed by atoms with Crippen molar-refractivity contribution in [2.75, 3.05) is 18.0 Å². The summed E-state index contributed by atoms with van der Waals surface area (Å²) in [6, 6.07) is 18.4. The minimum atomic E-state index is -0.449. The Labute approximate surface area is 195 Å². The van der Waals surface area contributed by atoms with Gasteiger partial charge in [0.05, 0.1) is 35.8 Å². The highest BCUT2D eigenvalue weighted by Gasteiger charge is 2.23. The Balaban J connectivity index is 1.61. The van der Waals surface area contributed by atoms with Crippen molar-refractivity contribution in [3.8, 4) is 6.07 Å². The first-order valence-electron chi connectivity index (χ1n) is 11.3. The van der Waals surface area contributed by atoms with E-state index in [0.717, 1.165) is 23.9 Å². The van der Waals surface area contributed by atoms with Crippen LogP contribution < -0.4 is 21.9 Å². The number of rotatable bonds is 5. The number of H-pyrrole nitrogens is 1. The number of nitrogens with one attached hydrogen (secondary N) is 1. The van der Waals surface area contributed by atoms with Crippen molar-refractivity contribution in [2.45, 2.75) is 32.0 Å². The quantitative estimate of drug-likeness (QED) is 0.473. The molecular formula is C25H25N7O2. The molecule has 4 aromatic rings. The molecule has 3 heterocycles. The third-order valence-electron chi connectivity index (χ3n) is 6.25. The number of aromatic amines is 1. The molecule has 9 nitrogen and oxygen atoms in total. The van der Waals surface area contributed by atoms with Crippen molar-refractivity contribution in [1.29, 1.82) is 5.26 Å². The van der Waals surface area contributed by atoms with Gasteiger partial charge in [0.15, 0.2) is 0 Å². The van der Waals surface area contributed by atoms with Gasteiger partial charge in [-0.15, -0.1) is 0 Å². The van der Waals surface area contributed by atoms with Gasteiger partial charge in [-0.2, -0.15) is 5.26 Å². The normalized spacial score (nSPS) is 16.0. The largest absolute Gasteiger partial charge is 0.356 e. The molecule has 0 aliphatic carbocycles. The molecular weight excluding hydrogens is 430 g/mol. The Kier molecular flexibility index (Phi) is 5.74. The van der Waals surface area contributed by atoms with Crippen LogP contribution in [-0.2, 0) is 13.1 Å². The van der Waals surface area contributed by atoms with E-state index in [1.807, 2.05) is 41.3 Å². The number of para-hydroxylation sites is 2. The Morgan fingerprint density at radius 1 is 1.09 bits per heavy atom. The van der Waals surface area contributed by atoms with Gasteiger partial charge in [0.1, 0.15) is 11.6 Å². The highest BCUT2D eigenvalue weighted by Crippen LogP contribution is 2.19. The third kappa shape index (κ3) is 4.11. The van der Waals surface area contributed by atoms with Gasteiger partial charge in [-0.05, 0) is 36.6 Å². The van der Waals surface area contributed by atoms with Crippen molar-refractivity contribution in [3.63, 3.8) is 0 Å². The molecule has 1 aliphatic heterocycles. The summed E-state index contributed by atoms with van der Waals surface area (Å²) >= 11 is 0. The lowest BCUT2D eigenvalue weighted by Gasteiger charge is -2.34. The fourth-order valence-corrected chi connectivity index (χ4v) is 4.55. The minimum absolute atomic E-state index is 0.0199. The van der Waals surface area contributed by atoms with Crippen molar-refractivity contribution in [3.05, 3.63) is 92.4 Å². The molecule has 1 fully saturated rings. The van der Waals surface area contributed by atoms with E-state index in [2.05, 4.69) is 16.0 Å². The fourth-order valence-electron chi connectivity index (χ4n) is 4.55. The number of hydrogen-bond acceptors (Lipinski definition) is 6. The zero-order valence-electron chi connectivity index (χ0n) is 18.6. The molecule has 1 unspecified atom stereocenters. The lowest BCUT2D eigenvalue weighted by atomic mass is 10.1. The predicted molar refractivity (Wildman–Crippen MR) is 130 cm³/mol. The highest BCUT2D eigenvalue weighted by molar-refractivity contribution is 5.74. The monoisotopic (exact) mass is 455 g/mol. The molecule has 172 valence electrons. The number of nitrogens with two attached hydrogens (primary N) is 1. The molecule has 9 heteroatoms. The average molecular weight is 456 g/mol. The molecule has 0 spiro atoms. The number of nitrogens with zero attached hydrogens (tertiary/aromatic N) is 5. The number of hydrogen-bond donors (Lipinski definition) is 2. The maximum absolute atomic E-state index is 13.7. The van der Waals surface area contributed by atoms with E-state index in [1.165, 1.54) is 10.6 Å². The number of anilines is 1. The topological polar surface area (TPSA) is 126 Å². The van der Waals surface area contributed by atoms with E-state index in [0.29, 0.717) is 35.9 Å². The van der Waals surface area contributed by atoms with Crippen LogP contribution in [-0.4, -0.2) is 38.2 Å². The minimum Gasteiger partial charge on any atom is -0.356 e. The second-order valence-corrected chi connectivity index (χ2v) is 8.61. The number of nitriles is 1. The van der Waals surface area contributed by atoms with Crippen LogP contribution in [0.1, 0.15) is 29.8 Å². The second-order valence-electron chi connectivity index (χ2n) is 8.61. The molecule has 3 N–H and O–H groups in total. The molecule has 1 atom stereocenters. The summed E-state index contributed by atoms with van der Waals surface area (Å²) in [7, 11) is 0. The average Bonchev–Trinajstić information content (AvgIpc) is 3.26. The molecule has 34 heavy (non-hydrogen) atoms. The standard InChI is InChI=1S/C25H25N7O2/c26-13-17-6-1-2-7-18(17)14-31-23(30-11-5-8-19(27)15-30)12-24(33)32(25(31)34)16-22-28-20-9-3-4-10-21(20)29-22/h1-4,6-7,9-10,12,19H,5,8,11,14-16,27H2,(H,28,29). The summed E-state index contributed by atoms with van der Waals surface area (Å²) in [6.07, 6.45) is 1.79. The number of benzene rings is 2. The van der Waals surface area contributed by atoms with Gasteiger partial charge in [-0.25, -0.2) is 9.78 Å². The molecule has 0 radical (unpaired) electrons. The highest BCUT2D eigenvalue weighted by atomic mass is 16.2. The first-order valence-corrected chi connectivity index (χ1v) is 11.3. The van der Waals surface area contributed by atoms with Crippen LogP contribution >= 0.6 is 0 Å². The maximum atomic E-state index is 13.7. The van der Waals surface area contributed by atoms with E-state index in [9.17, 15) is 14.9 Å². The number of fused-ring (bicyclic) bond motifs is 1. The van der Waals surface area contributed by atoms with Crippen LogP contribution in [0.3, 0.4) is 0 Å². The van der Waals surface area contributed by atoms with Crippen LogP contribution in [0.2, 0.25) is 0 Å². The summed E-state index contributed by atoms with van der Waals surface area (Å²) in [5.41, 5.74) is 8.15. The molecule has 0 amide bonds. The Morgan fingerprint density at radius 3 is 2.68 bits per heavy atom. The molecule has 5 rings (SSSR count). The zero-order chi connectivity index (χ0) is 23.7. The van der Waals surface area contributed by atoms with Gasteiger partial charge in [-0.3, -0.25) is 13.9 Å². The molecule has 1 saturated heterocycles. The van der Waals surface area contributed by atoms with E-state index < -0.39 is 11.2 Å². The SMILES string of the molecule is N#Cc1ccccc1Cn1c(N2CCCC(N)C2)cc(=O)n(Cc2nc3ccccc3[nH]2)c1=O. The maximum Gasteiger partial charge on any atom is 0.333 e. The summed E-state index contributed by atoms with van der Waals surface area (Å²) in [5.74, 6) is 1.05. The first kappa shape index (κ1) is 21.7. The summed E-state index contributed by atoms with van der Waals surface area (Å²) in [6.45, 7) is 1.46. The van der Waals surface area contributed by atoms with Gasteiger partial charge >= 0.3 is 5.69 Å². The first-order chi connectivity index (χ1) is 16.5. The van der Waals surface area contributed by atoms with E-state index >= 15 is 0 Å². The lowest BCUT2D eigenvalue weighted by Crippen LogP contribution is -2.48. The van der Waals surface area contributed by atoms with E-state index in [1.54, 1.807) is 16.7 Å². The molecule has 0 bridgehead atoms. The second kappa shape index (κ2) is 9.00. The van der Waals surface area contributed by atoms with Crippen molar-refractivity contribution >= 4 is 16.9 Å². The molecule has 2 aromatic heterocycles. The van der Waals surface area contributed by atoms with Crippen LogP contribution in [0.15, 0.2) is 64.2 Å². The van der Waals surface area contributed by atoms with E-state index in [-0.39, 0.29) is 19.1 Å². The van der Waals surface area contributed by atoms with Crippen LogP contribution in [0.25, 0.3) is 11.0 Å². The van der Waals surface area contributed by atoms with Crippen LogP contribution in [0.4, 0.5) is 5.82 Å². The summed E-state index contributed by atoms with van der Waals surface area (Å²) in [4.78, 5) is 36.5. The summed E-state index contributed by atoms with van der Waals surface area (Å²) in [5, 5.41) is 9.55. The van der Waals surface area contributed by atoms with Crippen molar-refractivity contribution < 1.29 is 0 Å². The van der Waals surface area contributed by atoms with Gasteiger partial charge < -0.3 is 15.6 Å². The van der Waals surface area contributed by atoms with Crippen LogP contribution in [0, 0.1) is 11.3 Å². The van der Waals surface area contributed by atoms with Gasteiger partial charge in [0.25, 0.3) is 5.56 Å². The molecule has 2 aromatic carbocycles. The van der Waals surface area contributed by atoms with Crippen molar-refractivity contribution in [1.82, 2.24) is 19.1 Å². The summed E-state index contributed by atoms with van der Waals surface area (Å²) < 4.78 is 2.75. The zero-order valence-corrected chi connectivity index (χ0v) is 18.6. The lowest BCUT2D eigenvalue weighted by molar-refractivity contribution is 0.489. The number of aromatic nitrogens is 4. The van der Waals surface area contributed by atoms with Gasteiger partial charge in [-0.1, -0.05) is 30.3 Å². The van der Waals surface area contributed by atoms with Gasteiger partial charge in [0.2, 0.25) is 0 Å².